The number of carboxylic acids is 1. The number of halogens is 2. The third-order valence-corrected chi connectivity index (χ3v) is 2.71. The highest BCUT2D eigenvalue weighted by Crippen LogP contribution is 2.18. The number of hydrogen-bond donors (Lipinski definition) is 1. The van der Waals surface area contributed by atoms with Gasteiger partial charge in [0.05, 0.1) is 10.9 Å². The van der Waals surface area contributed by atoms with Crippen LogP contribution in [0.1, 0.15) is 17.3 Å². The average molecular weight is 253 g/mol. The number of carbonyl (C=O) groups is 1. The van der Waals surface area contributed by atoms with Crippen LogP contribution in [0.2, 0.25) is 0 Å². The van der Waals surface area contributed by atoms with Crippen LogP contribution in [-0.2, 0) is 6.54 Å². The van der Waals surface area contributed by atoms with Gasteiger partial charge in [0.2, 0.25) is 5.43 Å². The molecule has 0 aliphatic heterocycles. The normalized spacial score (nSPS) is 10.8. The zero-order chi connectivity index (χ0) is 13.4. The molecule has 1 aromatic heterocycles. The lowest BCUT2D eigenvalue weighted by molar-refractivity contribution is 0.0695. The monoisotopic (exact) mass is 253 g/mol. The van der Waals surface area contributed by atoms with Crippen molar-refractivity contribution in [3.8, 4) is 0 Å². The Morgan fingerprint density at radius 1 is 1.39 bits per heavy atom. The smallest absolute Gasteiger partial charge is 0.341 e. The van der Waals surface area contributed by atoms with Gasteiger partial charge in [-0.2, -0.15) is 0 Å². The minimum atomic E-state index is -1.47. The topological polar surface area (TPSA) is 59.3 Å². The Bertz CT molecular complexity index is 707. The predicted molar refractivity (Wildman–Crippen MR) is 60.8 cm³/mol. The number of nitrogens with zero attached hydrogens (tertiary/aromatic N) is 1. The van der Waals surface area contributed by atoms with Gasteiger partial charge in [0.15, 0.2) is 11.6 Å². The highest BCUT2D eigenvalue weighted by Gasteiger charge is 2.18. The van der Waals surface area contributed by atoms with Crippen LogP contribution in [0.5, 0.6) is 0 Å². The molecule has 2 aromatic rings. The van der Waals surface area contributed by atoms with Gasteiger partial charge in [-0.05, 0) is 19.1 Å². The van der Waals surface area contributed by atoms with Crippen LogP contribution in [0, 0.1) is 11.6 Å². The van der Waals surface area contributed by atoms with E-state index in [4.69, 9.17) is 5.11 Å². The molecule has 94 valence electrons. The maximum atomic E-state index is 13.6. The number of carboxylic acid groups (broad SMARTS) is 1. The molecule has 0 atom stereocenters. The van der Waals surface area contributed by atoms with Crippen molar-refractivity contribution in [2.45, 2.75) is 13.5 Å². The SMILES string of the molecule is CCn1cc(C(=O)O)c(=O)c2c(F)c(F)ccc21. The predicted octanol–water partition coefficient (Wildman–Crippen LogP) is 2.00. The summed E-state index contributed by atoms with van der Waals surface area (Å²) in [5, 5.41) is 8.34. The van der Waals surface area contributed by atoms with E-state index in [0.29, 0.717) is 6.54 Å². The molecule has 0 radical (unpaired) electrons. The summed E-state index contributed by atoms with van der Waals surface area (Å²) in [6.45, 7) is 2.04. The van der Waals surface area contributed by atoms with Crippen LogP contribution in [0.15, 0.2) is 23.1 Å². The molecule has 0 aliphatic rings. The summed E-state index contributed by atoms with van der Waals surface area (Å²) in [5.74, 6) is -3.96. The Balaban J connectivity index is 3.05. The molecule has 1 aromatic carbocycles. The minimum Gasteiger partial charge on any atom is -0.477 e. The van der Waals surface area contributed by atoms with E-state index >= 15 is 0 Å². The van der Waals surface area contributed by atoms with Gasteiger partial charge in [-0.1, -0.05) is 0 Å². The van der Waals surface area contributed by atoms with Crippen molar-refractivity contribution >= 4 is 16.9 Å². The molecular weight excluding hydrogens is 244 g/mol. The largest absolute Gasteiger partial charge is 0.477 e. The number of aromatic carboxylic acids is 1. The lowest BCUT2D eigenvalue weighted by atomic mass is 10.1. The second kappa shape index (κ2) is 4.21. The third kappa shape index (κ3) is 1.66. The van der Waals surface area contributed by atoms with Crippen LogP contribution >= 0.6 is 0 Å². The number of aryl methyl sites for hydroxylation is 1. The van der Waals surface area contributed by atoms with Crippen LogP contribution in [-0.4, -0.2) is 15.6 Å². The summed E-state index contributed by atoms with van der Waals surface area (Å²) < 4.78 is 28.2. The average Bonchev–Trinajstić information content (AvgIpc) is 2.33. The summed E-state index contributed by atoms with van der Waals surface area (Å²) >= 11 is 0. The van der Waals surface area contributed by atoms with Gasteiger partial charge in [-0.3, -0.25) is 4.79 Å². The molecule has 0 aliphatic carbocycles. The minimum absolute atomic E-state index is 0.173. The van der Waals surface area contributed by atoms with E-state index in [1.807, 2.05) is 0 Å². The van der Waals surface area contributed by atoms with E-state index in [1.54, 1.807) is 6.92 Å². The fraction of sp³-hybridized carbons (Fsp3) is 0.167. The van der Waals surface area contributed by atoms with E-state index in [-0.39, 0.29) is 5.52 Å². The number of aromatic nitrogens is 1. The number of hydrogen-bond acceptors (Lipinski definition) is 2. The number of pyridine rings is 1. The fourth-order valence-electron chi connectivity index (χ4n) is 1.83. The Hall–Kier alpha value is -2.24. The van der Waals surface area contributed by atoms with Crippen molar-refractivity contribution in [1.29, 1.82) is 0 Å². The Kier molecular flexibility index (Phi) is 2.86. The molecule has 0 bridgehead atoms. The van der Waals surface area contributed by atoms with Crippen LogP contribution in [0.3, 0.4) is 0 Å². The maximum Gasteiger partial charge on any atom is 0.341 e. The first-order valence-electron chi connectivity index (χ1n) is 5.21. The van der Waals surface area contributed by atoms with Gasteiger partial charge in [0, 0.05) is 12.7 Å². The highest BCUT2D eigenvalue weighted by atomic mass is 19.2. The first-order chi connectivity index (χ1) is 8.47. The molecule has 0 unspecified atom stereocenters. The Morgan fingerprint density at radius 3 is 2.61 bits per heavy atom. The van der Waals surface area contributed by atoms with E-state index in [0.717, 1.165) is 12.3 Å². The van der Waals surface area contributed by atoms with Crippen LogP contribution in [0.25, 0.3) is 10.9 Å². The van der Waals surface area contributed by atoms with Gasteiger partial charge >= 0.3 is 5.97 Å². The van der Waals surface area contributed by atoms with Crippen molar-refractivity contribution in [3.63, 3.8) is 0 Å². The van der Waals surface area contributed by atoms with Crippen molar-refractivity contribution in [2.24, 2.45) is 0 Å². The van der Waals surface area contributed by atoms with Gasteiger partial charge in [0.1, 0.15) is 5.56 Å². The number of benzene rings is 1. The summed E-state index contributed by atoms with van der Waals surface area (Å²) in [6.07, 6.45) is 1.13. The molecule has 1 heterocycles. The molecule has 1 N–H and O–H groups in total. The molecule has 4 nitrogen and oxygen atoms in total. The maximum absolute atomic E-state index is 13.6. The summed E-state index contributed by atoms with van der Waals surface area (Å²) in [7, 11) is 0. The third-order valence-electron chi connectivity index (χ3n) is 2.71. The first kappa shape index (κ1) is 12.2. The molecule has 0 saturated carbocycles. The van der Waals surface area contributed by atoms with Crippen LogP contribution in [0.4, 0.5) is 8.78 Å². The van der Waals surface area contributed by atoms with E-state index in [1.165, 1.54) is 10.6 Å². The van der Waals surface area contributed by atoms with E-state index in [2.05, 4.69) is 0 Å². The van der Waals surface area contributed by atoms with Crippen molar-refractivity contribution in [1.82, 2.24) is 4.57 Å². The second-order valence-corrected chi connectivity index (χ2v) is 3.72. The zero-order valence-electron chi connectivity index (χ0n) is 9.41. The van der Waals surface area contributed by atoms with Crippen molar-refractivity contribution in [2.75, 3.05) is 0 Å². The number of fused-ring (bicyclic) bond motifs is 1. The van der Waals surface area contributed by atoms with E-state index in [9.17, 15) is 18.4 Å². The zero-order valence-corrected chi connectivity index (χ0v) is 9.41. The highest BCUT2D eigenvalue weighted by molar-refractivity contribution is 5.92. The quantitative estimate of drug-likeness (QED) is 0.890. The molecular formula is C12H9F2NO3. The first-order valence-corrected chi connectivity index (χ1v) is 5.21. The number of rotatable bonds is 2. The fourth-order valence-corrected chi connectivity index (χ4v) is 1.83. The molecule has 0 amide bonds. The lowest BCUT2D eigenvalue weighted by Gasteiger charge is -2.10. The molecule has 2 rings (SSSR count). The Morgan fingerprint density at radius 2 is 2.06 bits per heavy atom. The van der Waals surface area contributed by atoms with E-state index < -0.39 is 34.0 Å². The van der Waals surface area contributed by atoms with Gasteiger partial charge < -0.3 is 9.67 Å². The van der Waals surface area contributed by atoms with Crippen LogP contribution < -0.4 is 5.43 Å². The second-order valence-electron chi connectivity index (χ2n) is 3.72. The van der Waals surface area contributed by atoms with Gasteiger partial charge in [0.25, 0.3) is 0 Å². The van der Waals surface area contributed by atoms with Crippen molar-refractivity contribution in [3.05, 3.63) is 45.8 Å². The molecule has 18 heavy (non-hydrogen) atoms. The van der Waals surface area contributed by atoms with Gasteiger partial charge in [-0.15, -0.1) is 0 Å². The molecule has 0 spiro atoms. The summed E-state index contributed by atoms with van der Waals surface area (Å²) in [6, 6.07) is 2.16. The molecule has 0 fully saturated rings. The van der Waals surface area contributed by atoms with Crippen molar-refractivity contribution < 1.29 is 18.7 Å². The standard InChI is InChI=1S/C12H9F2NO3/c1-2-15-5-6(12(17)18)11(16)9-8(15)4-3-7(13)10(9)14/h3-5H,2H2,1H3,(H,17,18). The van der Waals surface area contributed by atoms with Gasteiger partial charge in [-0.25, -0.2) is 13.6 Å². The summed E-state index contributed by atoms with van der Waals surface area (Å²) in [5.41, 5.74) is -1.42. The molecule has 6 heteroatoms. The Labute approximate surface area is 100 Å². The summed E-state index contributed by atoms with van der Waals surface area (Å²) in [4.78, 5) is 22.7. The lowest BCUT2D eigenvalue weighted by Crippen LogP contribution is -2.20. The molecule has 0 saturated heterocycles.